The van der Waals surface area contributed by atoms with Gasteiger partial charge in [-0.05, 0) is 23.8 Å². The van der Waals surface area contributed by atoms with E-state index in [1.807, 2.05) is 36.4 Å². The molecule has 0 aromatic heterocycles. The standard InChI is InChI=1S/C15H10O3/c16-15-14(10-11-6-2-1-3-7-11)17-12-8-4-5-9-13(12)18-15/h1-10H/b14-10+. The van der Waals surface area contributed by atoms with Crippen LogP contribution in [0.25, 0.3) is 6.08 Å². The summed E-state index contributed by atoms with van der Waals surface area (Å²) in [7, 11) is 0. The van der Waals surface area contributed by atoms with E-state index in [0.717, 1.165) is 5.56 Å². The lowest BCUT2D eigenvalue weighted by Gasteiger charge is -2.18. The van der Waals surface area contributed by atoms with Crippen LogP contribution in [-0.2, 0) is 4.79 Å². The molecule has 0 spiro atoms. The highest BCUT2D eigenvalue weighted by Crippen LogP contribution is 2.33. The first-order valence-electron chi connectivity index (χ1n) is 5.59. The molecule has 3 nitrogen and oxygen atoms in total. The van der Waals surface area contributed by atoms with Gasteiger partial charge in [-0.25, -0.2) is 4.79 Å². The number of fused-ring (bicyclic) bond motifs is 1. The van der Waals surface area contributed by atoms with Crippen molar-refractivity contribution in [3.05, 3.63) is 65.9 Å². The molecule has 1 heterocycles. The zero-order chi connectivity index (χ0) is 12.4. The van der Waals surface area contributed by atoms with Gasteiger partial charge in [0.25, 0.3) is 0 Å². The second-order valence-electron chi connectivity index (χ2n) is 3.86. The van der Waals surface area contributed by atoms with Crippen LogP contribution >= 0.6 is 0 Å². The molecule has 0 N–H and O–H groups in total. The average molecular weight is 238 g/mol. The van der Waals surface area contributed by atoms with E-state index in [-0.39, 0.29) is 5.76 Å². The van der Waals surface area contributed by atoms with Crippen molar-refractivity contribution in [3.63, 3.8) is 0 Å². The van der Waals surface area contributed by atoms with Crippen molar-refractivity contribution in [2.75, 3.05) is 0 Å². The van der Waals surface area contributed by atoms with Gasteiger partial charge in [-0.1, -0.05) is 42.5 Å². The molecule has 0 saturated heterocycles. The zero-order valence-corrected chi connectivity index (χ0v) is 9.50. The first kappa shape index (κ1) is 10.6. The Hall–Kier alpha value is -2.55. The van der Waals surface area contributed by atoms with Crippen LogP contribution in [0.4, 0.5) is 0 Å². The summed E-state index contributed by atoms with van der Waals surface area (Å²) in [5, 5.41) is 0. The summed E-state index contributed by atoms with van der Waals surface area (Å²) in [5.41, 5.74) is 0.892. The van der Waals surface area contributed by atoms with Crippen molar-refractivity contribution >= 4 is 12.0 Å². The average Bonchev–Trinajstić information content (AvgIpc) is 2.41. The van der Waals surface area contributed by atoms with Crippen molar-refractivity contribution in [1.29, 1.82) is 0 Å². The Bertz CT molecular complexity index is 615. The van der Waals surface area contributed by atoms with Crippen LogP contribution in [0.2, 0.25) is 0 Å². The number of hydrogen-bond donors (Lipinski definition) is 0. The summed E-state index contributed by atoms with van der Waals surface area (Å²) < 4.78 is 10.7. The normalized spacial score (nSPS) is 15.8. The van der Waals surface area contributed by atoms with Crippen molar-refractivity contribution in [3.8, 4) is 11.5 Å². The second kappa shape index (κ2) is 4.37. The highest BCUT2D eigenvalue weighted by Gasteiger charge is 2.23. The Morgan fingerprint density at radius 3 is 2.11 bits per heavy atom. The SMILES string of the molecule is O=C1Oc2ccccc2O/C1=C/c1ccccc1. The predicted molar refractivity (Wildman–Crippen MR) is 67.1 cm³/mol. The second-order valence-corrected chi connectivity index (χ2v) is 3.86. The first-order chi connectivity index (χ1) is 8.83. The number of benzene rings is 2. The molecular formula is C15H10O3. The number of esters is 1. The molecule has 2 aromatic carbocycles. The maximum atomic E-state index is 11.7. The molecule has 3 heteroatoms. The Morgan fingerprint density at radius 1 is 0.778 bits per heavy atom. The molecule has 0 unspecified atom stereocenters. The minimum absolute atomic E-state index is 0.194. The van der Waals surface area contributed by atoms with Gasteiger partial charge in [-0.3, -0.25) is 0 Å². The van der Waals surface area contributed by atoms with Crippen LogP contribution in [0.15, 0.2) is 60.4 Å². The monoisotopic (exact) mass is 238 g/mol. The Kier molecular flexibility index (Phi) is 2.57. The van der Waals surface area contributed by atoms with Gasteiger partial charge in [0.15, 0.2) is 11.5 Å². The number of carbonyl (C=O) groups excluding carboxylic acids is 1. The molecule has 3 rings (SSSR count). The molecule has 0 radical (unpaired) electrons. The first-order valence-corrected chi connectivity index (χ1v) is 5.59. The quantitative estimate of drug-likeness (QED) is 0.435. The molecule has 18 heavy (non-hydrogen) atoms. The molecule has 0 amide bonds. The van der Waals surface area contributed by atoms with Gasteiger partial charge in [-0.2, -0.15) is 0 Å². The van der Waals surface area contributed by atoms with E-state index in [4.69, 9.17) is 9.47 Å². The maximum Gasteiger partial charge on any atom is 0.379 e. The van der Waals surface area contributed by atoms with Gasteiger partial charge in [0.05, 0.1) is 0 Å². The van der Waals surface area contributed by atoms with Crippen LogP contribution < -0.4 is 9.47 Å². The zero-order valence-electron chi connectivity index (χ0n) is 9.50. The van der Waals surface area contributed by atoms with Crippen LogP contribution in [-0.4, -0.2) is 5.97 Å². The fraction of sp³-hybridized carbons (Fsp3) is 0. The van der Waals surface area contributed by atoms with E-state index in [1.54, 1.807) is 24.3 Å². The van der Waals surface area contributed by atoms with Gasteiger partial charge in [-0.15, -0.1) is 0 Å². The highest BCUT2D eigenvalue weighted by molar-refractivity contribution is 5.95. The number of hydrogen-bond acceptors (Lipinski definition) is 3. The minimum atomic E-state index is -0.474. The van der Waals surface area contributed by atoms with E-state index in [2.05, 4.69) is 0 Å². The van der Waals surface area contributed by atoms with Crippen LogP contribution in [0.1, 0.15) is 5.56 Å². The van der Waals surface area contributed by atoms with Gasteiger partial charge in [0, 0.05) is 0 Å². The van der Waals surface area contributed by atoms with E-state index < -0.39 is 5.97 Å². The molecule has 0 saturated carbocycles. The van der Waals surface area contributed by atoms with Crippen LogP contribution in [0.5, 0.6) is 11.5 Å². The van der Waals surface area contributed by atoms with E-state index in [1.165, 1.54) is 0 Å². The summed E-state index contributed by atoms with van der Waals surface area (Å²) >= 11 is 0. The Labute approximate surface area is 104 Å². The third-order valence-electron chi connectivity index (χ3n) is 2.57. The lowest BCUT2D eigenvalue weighted by molar-refractivity contribution is -0.133. The molecule has 0 atom stereocenters. The summed E-state index contributed by atoms with van der Waals surface area (Å²) in [5.74, 6) is 0.726. The van der Waals surface area contributed by atoms with E-state index in [0.29, 0.717) is 11.5 Å². The van der Waals surface area contributed by atoms with E-state index >= 15 is 0 Å². The largest absolute Gasteiger partial charge is 0.446 e. The summed E-state index contributed by atoms with van der Waals surface area (Å²) in [4.78, 5) is 11.7. The van der Waals surface area contributed by atoms with Crippen molar-refractivity contribution in [1.82, 2.24) is 0 Å². The molecular weight excluding hydrogens is 228 g/mol. The fourth-order valence-electron chi connectivity index (χ4n) is 1.72. The molecule has 1 aliphatic rings. The molecule has 88 valence electrons. The summed E-state index contributed by atoms with van der Waals surface area (Å²) in [6, 6.07) is 16.6. The molecule has 0 aliphatic carbocycles. The number of ether oxygens (including phenoxy) is 2. The van der Waals surface area contributed by atoms with Gasteiger partial charge < -0.3 is 9.47 Å². The minimum Gasteiger partial charge on any atom is -0.446 e. The lowest BCUT2D eigenvalue weighted by Crippen LogP contribution is -2.20. The number of para-hydroxylation sites is 2. The Morgan fingerprint density at radius 2 is 1.39 bits per heavy atom. The van der Waals surface area contributed by atoms with Crippen molar-refractivity contribution in [2.24, 2.45) is 0 Å². The third-order valence-corrected chi connectivity index (χ3v) is 2.57. The maximum absolute atomic E-state index is 11.7. The van der Waals surface area contributed by atoms with Crippen molar-refractivity contribution in [2.45, 2.75) is 0 Å². The van der Waals surface area contributed by atoms with Gasteiger partial charge in [0.2, 0.25) is 5.76 Å². The molecule has 1 aliphatic heterocycles. The predicted octanol–water partition coefficient (Wildman–Crippen LogP) is 3.03. The molecule has 0 bridgehead atoms. The third kappa shape index (κ3) is 1.98. The number of rotatable bonds is 1. The van der Waals surface area contributed by atoms with Gasteiger partial charge >= 0.3 is 5.97 Å². The smallest absolute Gasteiger partial charge is 0.379 e. The number of carbonyl (C=O) groups is 1. The van der Waals surface area contributed by atoms with Crippen LogP contribution in [0.3, 0.4) is 0 Å². The Balaban J connectivity index is 1.96. The summed E-state index contributed by atoms with van der Waals surface area (Å²) in [6.07, 6.45) is 1.66. The fourth-order valence-corrected chi connectivity index (χ4v) is 1.72. The summed E-state index contributed by atoms with van der Waals surface area (Å²) in [6.45, 7) is 0. The lowest BCUT2D eigenvalue weighted by atomic mass is 10.2. The van der Waals surface area contributed by atoms with Crippen LogP contribution in [0, 0.1) is 0 Å². The molecule has 2 aromatic rings. The topological polar surface area (TPSA) is 35.5 Å². The molecule has 0 fully saturated rings. The van der Waals surface area contributed by atoms with Crippen molar-refractivity contribution < 1.29 is 14.3 Å². The highest BCUT2D eigenvalue weighted by atomic mass is 16.6. The van der Waals surface area contributed by atoms with Gasteiger partial charge in [0.1, 0.15) is 0 Å². The van der Waals surface area contributed by atoms with E-state index in [9.17, 15) is 4.79 Å².